The zero-order valence-electron chi connectivity index (χ0n) is 18.7. The summed E-state index contributed by atoms with van der Waals surface area (Å²) in [5, 5.41) is 3.21. The minimum atomic E-state index is -0.389. The van der Waals surface area contributed by atoms with Crippen LogP contribution in [0.1, 0.15) is 29.2 Å². The van der Waals surface area contributed by atoms with Crippen molar-refractivity contribution in [2.75, 3.05) is 16.8 Å². The molecule has 0 radical (unpaired) electrons. The summed E-state index contributed by atoms with van der Waals surface area (Å²) in [4.78, 5) is 28.4. The van der Waals surface area contributed by atoms with Crippen LogP contribution in [0.25, 0.3) is 5.57 Å². The third kappa shape index (κ3) is 3.89. The largest absolute Gasteiger partial charge is 0.492 e. The van der Waals surface area contributed by atoms with Gasteiger partial charge in [-0.2, -0.15) is 0 Å². The van der Waals surface area contributed by atoms with Crippen LogP contribution < -0.4 is 15.0 Å². The Morgan fingerprint density at radius 2 is 1.62 bits per heavy atom. The number of ether oxygens (including phenoxy) is 1. The number of nitrogens with one attached hydrogen (secondary N) is 1. The second-order valence-corrected chi connectivity index (χ2v) is 7.89. The van der Waals surface area contributed by atoms with Gasteiger partial charge in [-0.1, -0.05) is 42.5 Å². The van der Waals surface area contributed by atoms with Gasteiger partial charge < -0.3 is 10.1 Å². The smallest absolute Gasteiger partial charge is 0.282 e. The Kier molecular flexibility index (Phi) is 5.82. The van der Waals surface area contributed by atoms with Crippen molar-refractivity contribution in [1.29, 1.82) is 0 Å². The van der Waals surface area contributed by atoms with Gasteiger partial charge in [0.25, 0.3) is 11.8 Å². The number of benzene rings is 3. The molecule has 5 nitrogen and oxygen atoms in total. The minimum absolute atomic E-state index is 0.243. The highest BCUT2D eigenvalue weighted by Gasteiger charge is 2.40. The molecule has 2 amide bonds. The van der Waals surface area contributed by atoms with Crippen molar-refractivity contribution in [2.24, 2.45) is 0 Å². The first-order valence-corrected chi connectivity index (χ1v) is 10.7. The van der Waals surface area contributed by atoms with E-state index in [1.807, 2.05) is 88.4 Å². The molecule has 0 bridgehead atoms. The molecule has 1 aliphatic rings. The van der Waals surface area contributed by atoms with Gasteiger partial charge in [0.15, 0.2) is 0 Å². The molecule has 1 N–H and O–H groups in total. The quantitative estimate of drug-likeness (QED) is 0.536. The summed E-state index contributed by atoms with van der Waals surface area (Å²) in [6.45, 7) is 8.34. The molecule has 32 heavy (non-hydrogen) atoms. The first-order chi connectivity index (χ1) is 15.4. The van der Waals surface area contributed by atoms with Crippen LogP contribution >= 0.6 is 0 Å². The summed E-state index contributed by atoms with van der Waals surface area (Å²) in [7, 11) is 0. The Morgan fingerprint density at radius 3 is 2.34 bits per heavy atom. The van der Waals surface area contributed by atoms with E-state index in [2.05, 4.69) is 5.32 Å². The van der Waals surface area contributed by atoms with Crippen molar-refractivity contribution in [3.8, 4) is 5.75 Å². The minimum Gasteiger partial charge on any atom is -0.492 e. The molecule has 0 saturated heterocycles. The fraction of sp³-hybridized carbons (Fsp3) is 0.185. The van der Waals surface area contributed by atoms with Gasteiger partial charge in [-0.05, 0) is 74.2 Å². The van der Waals surface area contributed by atoms with Gasteiger partial charge in [0, 0.05) is 0 Å². The lowest BCUT2D eigenvalue weighted by Gasteiger charge is -2.16. The van der Waals surface area contributed by atoms with Gasteiger partial charge in [0.05, 0.1) is 23.6 Å². The number of hydrogen-bond donors (Lipinski definition) is 1. The molecule has 0 aromatic heterocycles. The average molecular weight is 427 g/mol. The lowest BCUT2D eigenvalue weighted by atomic mass is 9.99. The van der Waals surface area contributed by atoms with Gasteiger partial charge in [0.1, 0.15) is 11.4 Å². The standard InChI is InChI=1S/C27H26N2O3/c1-5-32-23-12-7-6-11-22(23)28-25-24(20-14-13-18(3)19(4)16-20)26(30)29(27(25)31)21-10-8-9-17(2)15-21/h6-16,28H,5H2,1-4H3. The highest BCUT2D eigenvalue weighted by molar-refractivity contribution is 6.46. The number of amides is 2. The molecule has 4 rings (SSSR count). The van der Waals surface area contributed by atoms with E-state index < -0.39 is 0 Å². The van der Waals surface area contributed by atoms with Crippen LogP contribution in [0.5, 0.6) is 5.75 Å². The van der Waals surface area contributed by atoms with Crippen molar-refractivity contribution in [1.82, 2.24) is 0 Å². The topological polar surface area (TPSA) is 58.6 Å². The average Bonchev–Trinajstić information content (AvgIpc) is 3.01. The van der Waals surface area contributed by atoms with E-state index in [4.69, 9.17) is 4.74 Å². The van der Waals surface area contributed by atoms with Crippen LogP contribution in [0.3, 0.4) is 0 Å². The number of anilines is 2. The SMILES string of the molecule is CCOc1ccccc1NC1=C(c2ccc(C)c(C)c2)C(=O)N(c2cccc(C)c2)C1=O. The predicted octanol–water partition coefficient (Wildman–Crippen LogP) is 5.41. The van der Waals surface area contributed by atoms with E-state index in [0.29, 0.717) is 34.9 Å². The summed E-state index contributed by atoms with van der Waals surface area (Å²) < 4.78 is 5.72. The van der Waals surface area contributed by atoms with Crippen LogP contribution in [0, 0.1) is 20.8 Å². The van der Waals surface area contributed by atoms with Crippen molar-refractivity contribution in [3.63, 3.8) is 0 Å². The molecule has 5 heteroatoms. The molecule has 0 unspecified atom stereocenters. The van der Waals surface area contributed by atoms with Crippen LogP contribution in [0.15, 0.2) is 72.4 Å². The number of hydrogen-bond acceptors (Lipinski definition) is 4. The first kappa shape index (κ1) is 21.4. The highest BCUT2D eigenvalue weighted by Crippen LogP contribution is 2.36. The lowest BCUT2D eigenvalue weighted by molar-refractivity contribution is -0.120. The summed E-state index contributed by atoms with van der Waals surface area (Å²) in [5.41, 5.74) is 5.64. The van der Waals surface area contributed by atoms with Gasteiger partial charge >= 0.3 is 0 Å². The van der Waals surface area contributed by atoms with E-state index in [1.165, 1.54) is 4.90 Å². The van der Waals surface area contributed by atoms with Crippen molar-refractivity contribution >= 4 is 28.8 Å². The Hall–Kier alpha value is -3.86. The Labute approximate surface area is 188 Å². The number of aryl methyl sites for hydroxylation is 3. The lowest BCUT2D eigenvalue weighted by Crippen LogP contribution is -2.32. The molecule has 1 heterocycles. The van der Waals surface area contributed by atoms with Crippen molar-refractivity contribution < 1.29 is 14.3 Å². The molecule has 0 spiro atoms. The number of carbonyl (C=O) groups excluding carboxylic acids is 2. The van der Waals surface area contributed by atoms with E-state index in [0.717, 1.165) is 16.7 Å². The molecule has 1 aliphatic heterocycles. The van der Waals surface area contributed by atoms with E-state index in [1.54, 1.807) is 6.07 Å². The predicted molar refractivity (Wildman–Crippen MR) is 128 cm³/mol. The molecule has 0 atom stereocenters. The molecule has 0 saturated carbocycles. The Bertz CT molecular complexity index is 1240. The summed E-state index contributed by atoms with van der Waals surface area (Å²) in [5.74, 6) is -0.114. The van der Waals surface area contributed by atoms with Gasteiger partial charge in [-0.15, -0.1) is 0 Å². The van der Waals surface area contributed by atoms with E-state index in [9.17, 15) is 9.59 Å². The summed E-state index contributed by atoms with van der Waals surface area (Å²) in [6.07, 6.45) is 0. The number of imide groups is 1. The molecule has 0 fully saturated rings. The number of nitrogens with zero attached hydrogens (tertiary/aromatic N) is 1. The zero-order chi connectivity index (χ0) is 22.8. The molecule has 3 aromatic carbocycles. The third-order valence-corrected chi connectivity index (χ3v) is 5.59. The second kappa shape index (κ2) is 8.71. The van der Waals surface area contributed by atoms with Crippen LogP contribution in [-0.2, 0) is 9.59 Å². The van der Waals surface area contributed by atoms with Crippen molar-refractivity contribution in [3.05, 3.63) is 94.7 Å². The summed E-state index contributed by atoms with van der Waals surface area (Å²) in [6, 6.07) is 20.6. The maximum atomic E-state index is 13.6. The van der Waals surface area contributed by atoms with E-state index in [-0.39, 0.29) is 17.5 Å². The second-order valence-electron chi connectivity index (χ2n) is 7.89. The molecule has 3 aromatic rings. The fourth-order valence-corrected chi connectivity index (χ4v) is 3.80. The van der Waals surface area contributed by atoms with Crippen molar-refractivity contribution in [2.45, 2.75) is 27.7 Å². The Balaban J connectivity index is 1.86. The molecular formula is C27H26N2O3. The van der Waals surface area contributed by atoms with Gasteiger partial charge in [-0.25, -0.2) is 4.90 Å². The maximum Gasteiger partial charge on any atom is 0.282 e. The molecule has 0 aliphatic carbocycles. The van der Waals surface area contributed by atoms with Crippen LogP contribution in [0.4, 0.5) is 11.4 Å². The molecule has 162 valence electrons. The number of para-hydroxylation sites is 2. The Morgan fingerprint density at radius 1 is 0.844 bits per heavy atom. The maximum absolute atomic E-state index is 13.6. The molecular weight excluding hydrogens is 400 g/mol. The fourth-order valence-electron chi connectivity index (χ4n) is 3.80. The first-order valence-electron chi connectivity index (χ1n) is 10.7. The zero-order valence-corrected chi connectivity index (χ0v) is 18.7. The van der Waals surface area contributed by atoms with Crippen LogP contribution in [0.2, 0.25) is 0 Å². The normalized spacial score (nSPS) is 13.7. The third-order valence-electron chi connectivity index (χ3n) is 5.59. The van der Waals surface area contributed by atoms with Gasteiger partial charge in [-0.3, -0.25) is 9.59 Å². The van der Waals surface area contributed by atoms with Crippen LogP contribution in [-0.4, -0.2) is 18.4 Å². The van der Waals surface area contributed by atoms with E-state index >= 15 is 0 Å². The highest BCUT2D eigenvalue weighted by atomic mass is 16.5. The van der Waals surface area contributed by atoms with Gasteiger partial charge in [0.2, 0.25) is 0 Å². The number of carbonyl (C=O) groups is 2. The monoisotopic (exact) mass is 426 g/mol. The number of rotatable bonds is 6. The summed E-state index contributed by atoms with van der Waals surface area (Å²) >= 11 is 0.